The third-order valence-corrected chi connectivity index (χ3v) is 7.10. The van der Waals surface area contributed by atoms with E-state index in [-0.39, 0.29) is 6.10 Å². The summed E-state index contributed by atoms with van der Waals surface area (Å²) in [7, 11) is 0. The van der Waals surface area contributed by atoms with Gasteiger partial charge in [0.2, 0.25) is 0 Å². The highest BCUT2D eigenvalue weighted by Crippen LogP contribution is 2.30. The summed E-state index contributed by atoms with van der Waals surface area (Å²) in [6.45, 7) is 3.87. The Morgan fingerprint density at radius 2 is 2.31 bits per heavy atom. The number of thioether (sulfide) groups is 1. The minimum absolute atomic E-state index is 0.263. The molecule has 5 nitrogen and oxygen atoms in total. The molecule has 3 aromatic rings. The van der Waals surface area contributed by atoms with Gasteiger partial charge in [0.05, 0.1) is 28.2 Å². The standard InChI is InChI=1S/C18H22N4OS3/c1-2-5-16-19-13(11-25-16)12-26-18-21-20-17(15-7-4-9-24-15)22(18)10-14-6-3-8-23-14/h4,7,9,11,14H,2-3,5-6,8,10,12H2,1H3. The molecular formula is C18H22N4OS3. The van der Waals surface area contributed by atoms with Crippen LogP contribution in [-0.4, -0.2) is 32.5 Å². The Kier molecular flexibility index (Phi) is 6.04. The second-order valence-electron chi connectivity index (χ2n) is 6.30. The van der Waals surface area contributed by atoms with Gasteiger partial charge in [-0.05, 0) is 37.1 Å². The number of hydrogen-bond acceptors (Lipinski definition) is 7. The molecule has 0 spiro atoms. The van der Waals surface area contributed by atoms with E-state index in [0.717, 1.165) is 66.1 Å². The van der Waals surface area contributed by atoms with E-state index in [4.69, 9.17) is 9.72 Å². The van der Waals surface area contributed by atoms with E-state index in [2.05, 4.69) is 44.6 Å². The molecule has 138 valence electrons. The summed E-state index contributed by atoms with van der Waals surface area (Å²) in [5.74, 6) is 1.77. The van der Waals surface area contributed by atoms with Gasteiger partial charge in [-0.1, -0.05) is 24.8 Å². The maximum atomic E-state index is 5.85. The molecule has 0 saturated carbocycles. The Morgan fingerprint density at radius 1 is 1.35 bits per heavy atom. The van der Waals surface area contributed by atoms with Crippen molar-refractivity contribution in [2.75, 3.05) is 6.61 Å². The normalized spacial score (nSPS) is 17.2. The maximum Gasteiger partial charge on any atom is 0.191 e. The van der Waals surface area contributed by atoms with Crippen LogP contribution in [0.4, 0.5) is 0 Å². The van der Waals surface area contributed by atoms with Crippen LogP contribution >= 0.6 is 34.4 Å². The summed E-state index contributed by atoms with van der Waals surface area (Å²) in [6, 6.07) is 4.16. The maximum absolute atomic E-state index is 5.85. The zero-order chi connectivity index (χ0) is 17.8. The van der Waals surface area contributed by atoms with Crippen molar-refractivity contribution in [2.24, 2.45) is 0 Å². The van der Waals surface area contributed by atoms with Gasteiger partial charge in [-0.15, -0.1) is 32.9 Å². The van der Waals surface area contributed by atoms with Gasteiger partial charge in [0.25, 0.3) is 0 Å². The molecule has 3 aromatic heterocycles. The molecule has 26 heavy (non-hydrogen) atoms. The van der Waals surface area contributed by atoms with Crippen LogP contribution in [0.3, 0.4) is 0 Å². The number of thiazole rings is 1. The molecule has 1 saturated heterocycles. The van der Waals surface area contributed by atoms with Gasteiger partial charge in [0, 0.05) is 17.7 Å². The fourth-order valence-corrected chi connectivity index (χ4v) is 5.59. The van der Waals surface area contributed by atoms with Gasteiger partial charge in [0.15, 0.2) is 11.0 Å². The summed E-state index contributed by atoms with van der Waals surface area (Å²) in [6.07, 6.45) is 4.72. The van der Waals surface area contributed by atoms with Crippen LogP contribution in [0.2, 0.25) is 0 Å². The molecule has 0 aromatic carbocycles. The third kappa shape index (κ3) is 4.19. The molecule has 0 bridgehead atoms. The quantitative estimate of drug-likeness (QED) is 0.499. The molecule has 1 aliphatic heterocycles. The number of ether oxygens (including phenoxy) is 1. The lowest BCUT2D eigenvalue weighted by Crippen LogP contribution is -2.16. The van der Waals surface area contributed by atoms with Crippen molar-refractivity contribution < 1.29 is 4.74 Å². The lowest BCUT2D eigenvalue weighted by atomic mass is 10.2. The van der Waals surface area contributed by atoms with E-state index in [1.165, 1.54) is 5.01 Å². The van der Waals surface area contributed by atoms with Gasteiger partial charge in [-0.3, -0.25) is 4.57 Å². The lowest BCUT2D eigenvalue weighted by Gasteiger charge is -2.14. The molecule has 1 atom stereocenters. The summed E-state index contributed by atoms with van der Waals surface area (Å²) < 4.78 is 8.08. The van der Waals surface area contributed by atoms with Crippen LogP contribution in [0.15, 0.2) is 28.0 Å². The molecule has 1 unspecified atom stereocenters. The van der Waals surface area contributed by atoms with Gasteiger partial charge in [-0.25, -0.2) is 4.98 Å². The summed E-state index contributed by atoms with van der Waals surface area (Å²) in [4.78, 5) is 5.88. The van der Waals surface area contributed by atoms with Crippen LogP contribution in [0.5, 0.6) is 0 Å². The number of aryl methyl sites for hydroxylation is 1. The van der Waals surface area contributed by atoms with E-state index < -0.39 is 0 Å². The molecule has 4 rings (SSSR count). The molecule has 0 aliphatic carbocycles. The molecule has 0 N–H and O–H groups in total. The van der Waals surface area contributed by atoms with Crippen molar-refractivity contribution >= 4 is 34.4 Å². The Labute approximate surface area is 165 Å². The van der Waals surface area contributed by atoms with E-state index in [9.17, 15) is 0 Å². The van der Waals surface area contributed by atoms with E-state index in [0.29, 0.717) is 0 Å². The first kappa shape index (κ1) is 18.2. The monoisotopic (exact) mass is 406 g/mol. The molecular weight excluding hydrogens is 384 g/mol. The summed E-state index contributed by atoms with van der Waals surface area (Å²) >= 11 is 5.17. The molecule has 8 heteroatoms. The Balaban J connectivity index is 1.52. The summed E-state index contributed by atoms with van der Waals surface area (Å²) in [5.41, 5.74) is 1.13. The molecule has 4 heterocycles. The fourth-order valence-electron chi connectivity index (χ4n) is 3.02. The topological polar surface area (TPSA) is 52.8 Å². The first-order valence-electron chi connectivity index (χ1n) is 8.98. The first-order chi connectivity index (χ1) is 12.8. The van der Waals surface area contributed by atoms with Gasteiger partial charge in [0.1, 0.15) is 0 Å². The molecule has 0 radical (unpaired) electrons. The number of rotatable bonds is 8. The predicted octanol–water partition coefficient (Wildman–Crippen LogP) is 4.89. The Morgan fingerprint density at radius 3 is 3.08 bits per heavy atom. The SMILES string of the molecule is CCCc1nc(CSc2nnc(-c3cccs3)n2CC2CCCO2)cs1. The largest absolute Gasteiger partial charge is 0.376 e. The van der Waals surface area contributed by atoms with Crippen molar-refractivity contribution in [1.82, 2.24) is 19.7 Å². The van der Waals surface area contributed by atoms with Crippen LogP contribution < -0.4 is 0 Å². The van der Waals surface area contributed by atoms with Gasteiger partial charge in [-0.2, -0.15) is 0 Å². The minimum atomic E-state index is 0.263. The molecule has 1 aliphatic rings. The number of nitrogens with zero attached hydrogens (tertiary/aromatic N) is 4. The Hall–Kier alpha value is -1.22. The smallest absolute Gasteiger partial charge is 0.191 e. The highest BCUT2D eigenvalue weighted by atomic mass is 32.2. The Bertz CT molecular complexity index is 821. The molecule has 0 amide bonds. The second kappa shape index (κ2) is 8.65. The van der Waals surface area contributed by atoms with E-state index in [1.54, 1.807) is 34.4 Å². The van der Waals surface area contributed by atoms with Gasteiger partial charge < -0.3 is 4.74 Å². The zero-order valence-electron chi connectivity index (χ0n) is 14.8. The second-order valence-corrected chi connectivity index (χ2v) is 9.13. The average molecular weight is 407 g/mol. The predicted molar refractivity (Wildman–Crippen MR) is 108 cm³/mol. The first-order valence-corrected chi connectivity index (χ1v) is 11.7. The number of hydrogen-bond donors (Lipinski definition) is 0. The number of aromatic nitrogens is 4. The molecule has 1 fully saturated rings. The lowest BCUT2D eigenvalue weighted by molar-refractivity contribution is 0.0953. The minimum Gasteiger partial charge on any atom is -0.376 e. The fraction of sp³-hybridized carbons (Fsp3) is 0.500. The van der Waals surface area contributed by atoms with E-state index in [1.807, 2.05) is 0 Å². The average Bonchev–Trinajstić information content (AvgIpc) is 3.43. The van der Waals surface area contributed by atoms with Crippen molar-refractivity contribution in [3.8, 4) is 10.7 Å². The van der Waals surface area contributed by atoms with Crippen molar-refractivity contribution in [1.29, 1.82) is 0 Å². The number of thiophene rings is 1. The van der Waals surface area contributed by atoms with Crippen LogP contribution in [0, 0.1) is 0 Å². The zero-order valence-corrected chi connectivity index (χ0v) is 17.2. The summed E-state index contributed by atoms with van der Waals surface area (Å²) in [5, 5.41) is 15.4. The van der Waals surface area contributed by atoms with Crippen molar-refractivity contribution in [2.45, 2.75) is 56.2 Å². The van der Waals surface area contributed by atoms with Crippen molar-refractivity contribution in [3.63, 3.8) is 0 Å². The highest BCUT2D eigenvalue weighted by Gasteiger charge is 2.22. The van der Waals surface area contributed by atoms with E-state index >= 15 is 0 Å². The van der Waals surface area contributed by atoms with Crippen LogP contribution in [0.1, 0.15) is 36.9 Å². The highest BCUT2D eigenvalue weighted by molar-refractivity contribution is 7.98. The third-order valence-electron chi connectivity index (χ3n) is 4.28. The van der Waals surface area contributed by atoms with Crippen LogP contribution in [0.25, 0.3) is 10.7 Å². The van der Waals surface area contributed by atoms with Gasteiger partial charge >= 0.3 is 0 Å². The van der Waals surface area contributed by atoms with Crippen LogP contribution in [-0.2, 0) is 23.5 Å². The van der Waals surface area contributed by atoms with Crippen molar-refractivity contribution in [3.05, 3.63) is 33.6 Å².